The Morgan fingerprint density at radius 1 is 1.30 bits per heavy atom. The van der Waals surface area contributed by atoms with Crippen molar-refractivity contribution in [3.63, 3.8) is 0 Å². The molecule has 0 heterocycles. The molecule has 2 aromatic rings. The fraction of sp³-hybridized carbons (Fsp3) is 0.133. The minimum Gasteiger partial charge on any atom is -0.486 e. The molecule has 5 heteroatoms. The van der Waals surface area contributed by atoms with Gasteiger partial charge in [0.1, 0.15) is 11.6 Å². The fourth-order valence-electron chi connectivity index (χ4n) is 1.70. The minimum absolute atomic E-state index is 0.140. The zero-order valence-corrected chi connectivity index (χ0v) is 12.4. The third-order valence-electron chi connectivity index (χ3n) is 2.81. The standard InChI is InChI=1S/C15H13ClFNOS/c1-9-2-3-11(12(16)6-9)8-19-14-5-4-10(15(18)20)7-13(14)17/h2-7H,8H2,1H3,(H2,18,20). The zero-order valence-electron chi connectivity index (χ0n) is 10.8. The summed E-state index contributed by atoms with van der Waals surface area (Å²) >= 11 is 10.9. The van der Waals surface area contributed by atoms with E-state index in [2.05, 4.69) is 0 Å². The molecular weight excluding hydrogens is 297 g/mol. The van der Waals surface area contributed by atoms with Gasteiger partial charge in [0.15, 0.2) is 11.6 Å². The lowest BCUT2D eigenvalue weighted by molar-refractivity contribution is 0.290. The summed E-state index contributed by atoms with van der Waals surface area (Å²) in [5.74, 6) is -0.361. The number of halogens is 2. The summed E-state index contributed by atoms with van der Waals surface area (Å²) in [5.41, 5.74) is 7.77. The molecule has 0 unspecified atom stereocenters. The number of thiocarbonyl (C=S) groups is 1. The van der Waals surface area contributed by atoms with E-state index in [9.17, 15) is 4.39 Å². The Hall–Kier alpha value is -1.65. The SMILES string of the molecule is Cc1ccc(COc2ccc(C(N)=S)cc2F)c(Cl)c1. The smallest absolute Gasteiger partial charge is 0.165 e. The first kappa shape index (κ1) is 14.8. The van der Waals surface area contributed by atoms with Gasteiger partial charge in [0, 0.05) is 16.1 Å². The van der Waals surface area contributed by atoms with Crippen LogP contribution in [0.5, 0.6) is 5.75 Å². The predicted molar refractivity (Wildman–Crippen MR) is 82.8 cm³/mol. The van der Waals surface area contributed by atoms with Crippen LogP contribution in [0.3, 0.4) is 0 Å². The van der Waals surface area contributed by atoms with Gasteiger partial charge >= 0.3 is 0 Å². The lowest BCUT2D eigenvalue weighted by Crippen LogP contribution is -2.09. The van der Waals surface area contributed by atoms with Gasteiger partial charge in [-0.3, -0.25) is 0 Å². The first-order chi connectivity index (χ1) is 9.47. The second-order valence-electron chi connectivity index (χ2n) is 4.39. The van der Waals surface area contributed by atoms with Gasteiger partial charge in [-0.25, -0.2) is 4.39 Å². The summed E-state index contributed by atoms with van der Waals surface area (Å²) in [6.07, 6.45) is 0. The Kier molecular flexibility index (Phi) is 4.57. The van der Waals surface area contributed by atoms with Gasteiger partial charge in [-0.1, -0.05) is 36.0 Å². The van der Waals surface area contributed by atoms with Crippen molar-refractivity contribution in [3.8, 4) is 5.75 Å². The molecule has 0 aliphatic heterocycles. The molecule has 2 nitrogen and oxygen atoms in total. The van der Waals surface area contributed by atoms with Gasteiger partial charge < -0.3 is 10.5 Å². The highest BCUT2D eigenvalue weighted by atomic mass is 35.5. The summed E-state index contributed by atoms with van der Waals surface area (Å²) in [4.78, 5) is 0.150. The Bertz CT molecular complexity index is 660. The van der Waals surface area contributed by atoms with Crippen LogP contribution in [0.2, 0.25) is 5.02 Å². The summed E-state index contributed by atoms with van der Waals surface area (Å²) in [6.45, 7) is 2.15. The van der Waals surface area contributed by atoms with Crippen molar-refractivity contribution in [3.05, 3.63) is 63.9 Å². The van der Waals surface area contributed by atoms with Crippen molar-refractivity contribution in [2.75, 3.05) is 0 Å². The summed E-state index contributed by atoms with van der Waals surface area (Å²) < 4.78 is 19.2. The lowest BCUT2D eigenvalue weighted by Gasteiger charge is -2.10. The van der Waals surface area contributed by atoms with Gasteiger partial charge in [0.25, 0.3) is 0 Å². The average molecular weight is 310 g/mol. The van der Waals surface area contributed by atoms with Gasteiger partial charge in [-0.05, 0) is 36.8 Å². The Morgan fingerprint density at radius 3 is 2.65 bits per heavy atom. The van der Waals surface area contributed by atoms with Crippen LogP contribution in [-0.2, 0) is 6.61 Å². The molecule has 20 heavy (non-hydrogen) atoms. The lowest BCUT2D eigenvalue weighted by atomic mass is 10.1. The van der Waals surface area contributed by atoms with E-state index in [-0.39, 0.29) is 17.3 Å². The van der Waals surface area contributed by atoms with Crippen LogP contribution in [-0.4, -0.2) is 4.99 Å². The molecule has 0 fully saturated rings. The highest BCUT2D eigenvalue weighted by Gasteiger charge is 2.08. The molecule has 0 saturated heterocycles. The maximum Gasteiger partial charge on any atom is 0.165 e. The Morgan fingerprint density at radius 2 is 2.05 bits per heavy atom. The number of aryl methyl sites for hydroxylation is 1. The van der Waals surface area contributed by atoms with Gasteiger partial charge in [0.2, 0.25) is 0 Å². The number of nitrogens with two attached hydrogens (primary N) is 1. The fourth-order valence-corrected chi connectivity index (χ4v) is 2.11. The molecule has 0 radical (unpaired) electrons. The molecule has 0 bridgehead atoms. The minimum atomic E-state index is -0.501. The van der Waals surface area contributed by atoms with Crippen molar-refractivity contribution < 1.29 is 9.13 Å². The first-order valence-electron chi connectivity index (χ1n) is 5.94. The molecule has 0 saturated carbocycles. The van der Waals surface area contributed by atoms with Crippen LogP contribution < -0.4 is 10.5 Å². The van der Waals surface area contributed by atoms with Gasteiger partial charge in [-0.15, -0.1) is 0 Å². The maximum atomic E-state index is 13.8. The molecule has 0 spiro atoms. The predicted octanol–water partition coefficient (Wildman–Crippen LogP) is 4.00. The third-order valence-corrected chi connectivity index (χ3v) is 3.40. The van der Waals surface area contributed by atoms with Crippen LogP contribution >= 0.6 is 23.8 Å². The van der Waals surface area contributed by atoms with Gasteiger partial charge in [-0.2, -0.15) is 0 Å². The van der Waals surface area contributed by atoms with E-state index in [1.807, 2.05) is 25.1 Å². The monoisotopic (exact) mass is 309 g/mol. The molecule has 0 atom stereocenters. The first-order valence-corrected chi connectivity index (χ1v) is 6.73. The summed E-state index contributed by atoms with van der Waals surface area (Å²) in [5, 5.41) is 0.602. The largest absolute Gasteiger partial charge is 0.486 e. The maximum absolute atomic E-state index is 13.8. The molecule has 104 valence electrons. The van der Waals surface area contributed by atoms with E-state index in [4.69, 9.17) is 34.3 Å². The highest BCUT2D eigenvalue weighted by Crippen LogP contribution is 2.23. The van der Waals surface area contributed by atoms with E-state index in [1.54, 1.807) is 6.07 Å². The Balaban J connectivity index is 2.13. The normalized spacial score (nSPS) is 10.3. The van der Waals surface area contributed by atoms with Crippen molar-refractivity contribution in [2.45, 2.75) is 13.5 Å². The average Bonchev–Trinajstić information content (AvgIpc) is 2.38. The second-order valence-corrected chi connectivity index (χ2v) is 5.24. The van der Waals surface area contributed by atoms with E-state index in [0.717, 1.165) is 11.1 Å². The van der Waals surface area contributed by atoms with E-state index >= 15 is 0 Å². The summed E-state index contributed by atoms with van der Waals surface area (Å²) in [6, 6.07) is 10.0. The molecule has 0 aromatic heterocycles. The third kappa shape index (κ3) is 3.46. The van der Waals surface area contributed by atoms with Crippen LogP contribution in [0.25, 0.3) is 0 Å². The summed E-state index contributed by atoms with van der Waals surface area (Å²) in [7, 11) is 0. The highest BCUT2D eigenvalue weighted by molar-refractivity contribution is 7.80. The molecule has 0 aliphatic rings. The van der Waals surface area contributed by atoms with Crippen LogP contribution in [0.15, 0.2) is 36.4 Å². The molecule has 0 aliphatic carbocycles. The van der Waals surface area contributed by atoms with Crippen molar-refractivity contribution >= 4 is 28.8 Å². The number of hydrogen-bond acceptors (Lipinski definition) is 2. The number of hydrogen-bond donors (Lipinski definition) is 1. The van der Waals surface area contributed by atoms with E-state index < -0.39 is 5.82 Å². The second kappa shape index (κ2) is 6.20. The molecule has 0 amide bonds. The van der Waals surface area contributed by atoms with Crippen molar-refractivity contribution in [1.82, 2.24) is 0 Å². The van der Waals surface area contributed by atoms with E-state index in [1.165, 1.54) is 12.1 Å². The topological polar surface area (TPSA) is 35.2 Å². The number of benzene rings is 2. The van der Waals surface area contributed by atoms with Gasteiger partial charge in [0.05, 0.1) is 0 Å². The Labute approximate surface area is 127 Å². The number of rotatable bonds is 4. The van der Waals surface area contributed by atoms with Crippen LogP contribution in [0, 0.1) is 12.7 Å². The molecule has 2 N–H and O–H groups in total. The number of ether oxygens (including phenoxy) is 1. The zero-order chi connectivity index (χ0) is 14.7. The van der Waals surface area contributed by atoms with E-state index in [0.29, 0.717) is 10.6 Å². The van der Waals surface area contributed by atoms with Crippen LogP contribution in [0.4, 0.5) is 4.39 Å². The molecule has 2 aromatic carbocycles. The molecular formula is C15H13ClFNOS. The quantitative estimate of drug-likeness (QED) is 0.867. The van der Waals surface area contributed by atoms with Crippen LogP contribution in [0.1, 0.15) is 16.7 Å². The van der Waals surface area contributed by atoms with Crippen molar-refractivity contribution in [2.24, 2.45) is 5.73 Å². The van der Waals surface area contributed by atoms with Crippen molar-refractivity contribution in [1.29, 1.82) is 0 Å². The molecule has 2 rings (SSSR count).